The lowest BCUT2D eigenvalue weighted by Crippen LogP contribution is -2.43. The van der Waals surface area contributed by atoms with Crippen molar-refractivity contribution in [3.05, 3.63) is 42.0 Å². The Balaban J connectivity index is 1.45. The number of carbonyl (C=O) groups is 1. The smallest absolute Gasteiger partial charge is 0.219 e. The number of hydrogen-bond donors (Lipinski definition) is 1. The summed E-state index contributed by atoms with van der Waals surface area (Å²) >= 11 is 0. The molecule has 0 radical (unpaired) electrons. The number of piperazine rings is 1. The summed E-state index contributed by atoms with van der Waals surface area (Å²) in [4.78, 5) is 26.6. The van der Waals surface area contributed by atoms with Crippen LogP contribution in [0, 0.1) is 0 Å². The van der Waals surface area contributed by atoms with Gasteiger partial charge in [-0.1, -0.05) is 6.07 Å². The number of benzene rings is 1. The number of ether oxygens (including phenoxy) is 1. The van der Waals surface area contributed by atoms with Gasteiger partial charge in [-0.3, -0.25) is 9.78 Å². The van der Waals surface area contributed by atoms with Crippen molar-refractivity contribution in [3.63, 3.8) is 0 Å². The number of imidazole rings is 1. The third-order valence-electron chi connectivity index (χ3n) is 7.53. The molecule has 2 saturated heterocycles. The lowest BCUT2D eigenvalue weighted by Gasteiger charge is -2.30. The van der Waals surface area contributed by atoms with E-state index in [-0.39, 0.29) is 5.91 Å². The van der Waals surface area contributed by atoms with Gasteiger partial charge in [0.25, 0.3) is 0 Å². The highest BCUT2D eigenvalue weighted by Gasteiger charge is 2.30. The monoisotopic (exact) mass is 460 g/mol. The number of carbonyl (C=O) groups excluding carboxylic acids is 1. The van der Waals surface area contributed by atoms with Crippen LogP contribution in [-0.4, -0.2) is 71.3 Å². The lowest BCUT2D eigenvalue weighted by atomic mass is 9.99. The second-order valence-electron chi connectivity index (χ2n) is 9.54. The van der Waals surface area contributed by atoms with Crippen LogP contribution in [0.5, 0.6) is 0 Å². The van der Waals surface area contributed by atoms with Crippen LogP contribution in [0.2, 0.25) is 0 Å². The van der Waals surface area contributed by atoms with Crippen LogP contribution < -0.4 is 10.2 Å². The first-order valence-electron chi connectivity index (χ1n) is 12.5. The maximum atomic E-state index is 12.2. The van der Waals surface area contributed by atoms with Crippen molar-refractivity contribution in [2.45, 2.75) is 38.8 Å². The first kappa shape index (κ1) is 21.6. The summed E-state index contributed by atoms with van der Waals surface area (Å²) in [6.45, 7) is 9.40. The highest BCUT2D eigenvalue weighted by molar-refractivity contribution is 5.95. The zero-order valence-electron chi connectivity index (χ0n) is 19.8. The van der Waals surface area contributed by atoms with E-state index in [1.807, 2.05) is 11.1 Å². The zero-order valence-corrected chi connectivity index (χ0v) is 19.8. The van der Waals surface area contributed by atoms with E-state index in [1.165, 1.54) is 5.69 Å². The minimum absolute atomic E-state index is 0.117. The molecule has 8 nitrogen and oxygen atoms in total. The Morgan fingerprint density at radius 1 is 1.09 bits per heavy atom. The summed E-state index contributed by atoms with van der Waals surface area (Å²) in [6.07, 6.45) is 3.89. The predicted octanol–water partition coefficient (Wildman–Crippen LogP) is 2.76. The Hall–Kier alpha value is -2.97. The Morgan fingerprint density at radius 2 is 1.91 bits per heavy atom. The topological polar surface area (TPSA) is 75.5 Å². The van der Waals surface area contributed by atoms with E-state index < -0.39 is 0 Å². The molecule has 1 amide bonds. The summed E-state index contributed by atoms with van der Waals surface area (Å²) < 4.78 is 8.00. The number of nitrogens with one attached hydrogen (secondary N) is 1. The second kappa shape index (κ2) is 9.00. The van der Waals surface area contributed by atoms with Crippen molar-refractivity contribution in [1.82, 2.24) is 24.8 Å². The minimum Gasteiger partial charge on any atom is -0.381 e. The Kier molecular flexibility index (Phi) is 5.71. The molecule has 0 aliphatic carbocycles. The Labute approximate surface area is 199 Å². The normalized spacial score (nSPS) is 19.4. The molecule has 1 aromatic carbocycles. The Morgan fingerprint density at radius 3 is 2.71 bits per heavy atom. The molecule has 3 aliphatic heterocycles. The number of aromatic nitrogens is 3. The maximum absolute atomic E-state index is 12.2. The van der Waals surface area contributed by atoms with E-state index in [9.17, 15) is 4.79 Å². The second-order valence-corrected chi connectivity index (χ2v) is 9.54. The van der Waals surface area contributed by atoms with Crippen molar-refractivity contribution in [2.75, 3.05) is 50.8 Å². The molecule has 5 heterocycles. The van der Waals surface area contributed by atoms with E-state index in [2.05, 4.69) is 39.0 Å². The van der Waals surface area contributed by atoms with E-state index in [0.29, 0.717) is 12.5 Å². The molecular weight excluding hydrogens is 428 g/mol. The van der Waals surface area contributed by atoms with E-state index in [4.69, 9.17) is 14.7 Å². The minimum atomic E-state index is 0.117. The first-order valence-corrected chi connectivity index (χ1v) is 12.5. The molecule has 1 N–H and O–H groups in total. The third-order valence-corrected chi connectivity index (χ3v) is 7.53. The quantitative estimate of drug-likeness (QED) is 0.648. The standard InChI is InChI=1S/C26H32N6O2/c1-18(33)31-12-13-32-24(17-31)25(29-26(32)19-5-14-34-15-6-19)22-4-7-28-23-16-20(2-3-21(22)23)30-10-8-27-9-11-30/h2-4,7,16,19,27H,5-6,8-15,17H2,1H3. The summed E-state index contributed by atoms with van der Waals surface area (Å²) in [5.74, 6) is 1.67. The van der Waals surface area contributed by atoms with Gasteiger partial charge >= 0.3 is 0 Å². The average Bonchev–Trinajstić information content (AvgIpc) is 3.28. The van der Waals surface area contributed by atoms with E-state index in [1.54, 1.807) is 6.92 Å². The Bertz CT molecular complexity index is 1210. The van der Waals surface area contributed by atoms with Crippen LogP contribution in [0.4, 0.5) is 5.69 Å². The molecule has 0 unspecified atom stereocenters. The average molecular weight is 461 g/mol. The molecule has 2 fully saturated rings. The molecule has 0 bridgehead atoms. The third kappa shape index (κ3) is 3.84. The number of amides is 1. The van der Waals surface area contributed by atoms with Crippen molar-refractivity contribution in [1.29, 1.82) is 0 Å². The molecule has 3 aliphatic rings. The van der Waals surface area contributed by atoms with Gasteiger partial charge in [0.15, 0.2) is 0 Å². The van der Waals surface area contributed by atoms with Gasteiger partial charge in [-0.25, -0.2) is 4.98 Å². The molecule has 34 heavy (non-hydrogen) atoms. The fourth-order valence-corrected chi connectivity index (χ4v) is 5.61. The van der Waals surface area contributed by atoms with Gasteiger partial charge in [0.05, 0.1) is 23.4 Å². The number of pyridine rings is 1. The van der Waals surface area contributed by atoms with Crippen LogP contribution in [0.15, 0.2) is 30.5 Å². The van der Waals surface area contributed by atoms with Gasteiger partial charge in [0.1, 0.15) is 5.82 Å². The van der Waals surface area contributed by atoms with Crippen LogP contribution in [0.25, 0.3) is 22.2 Å². The largest absolute Gasteiger partial charge is 0.381 e. The van der Waals surface area contributed by atoms with Crippen molar-refractivity contribution in [2.24, 2.45) is 0 Å². The number of rotatable bonds is 3. The maximum Gasteiger partial charge on any atom is 0.219 e. The van der Waals surface area contributed by atoms with E-state index >= 15 is 0 Å². The highest BCUT2D eigenvalue weighted by atomic mass is 16.5. The number of anilines is 1. The summed E-state index contributed by atoms with van der Waals surface area (Å²) in [5, 5.41) is 4.53. The molecule has 3 aromatic rings. The summed E-state index contributed by atoms with van der Waals surface area (Å²) in [6, 6.07) is 8.69. The molecule has 0 spiro atoms. The SMILES string of the molecule is CC(=O)N1CCn2c(C3CCOCC3)nc(-c3ccnc4cc(N5CCNCC5)ccc34)c2C1. The lowest BCUT2D eigenvalue weighted by molar-refractivity contribution is -0.130. The predicted molar refractivity (Wildman–Crippen MR) is 132 cm³/mol. The number of hydrogen-bond acceptors (Lipinski definition) is 6. The summed E-state index contributed by atoms with van der Waals surface area (Å²) in [5.41, 5.74) is 5.44. The van der Waals surface area contributed by atoms with Crippen LogP contribution in [-0.2, 0) is 22.6 Å². The van der Waals surface area contributed by atoms with Gasteiger partial charge in [-0.15, -0.1) is 0 Å². The van der Waals surface area contributed by atoms with Gasteiger partial charge in [0.2, 0.25) is 5.91 Å². The van der Waals surface area contributed by atoms with Gasteiger partial charge in [0, 0.05) is 88.2 Å². The molecule has 0 atom stereocenters. The molecular formula is C26H32N6O2. The van der Waals surface area contributed by atoms with Gasteiger partial charge < -0.3 is 24.4 Å². The molecule has 8 heteroatoms. The van der Waals surface area contributed by atoms with Crippen molar-refractivity contribution in [3.8, 4) is 11.3 Å². The van der Waals surface area contributed by atoms with Crippen LogP contribution >= 0.6 is 0 Å². The van der Waals surface area contributed by atoms with E-state index in [0.717, 1.165) is 99.0 Å². The number of fused-ring (bicyclic) bond motifs is 2. The first-order chi connectivity index (χ1) is 16.7. The molecule has 178 valence electrons. The molecule has 2 aromatic heterocycles. The van der Waals surface area contributed by atoms with Crippen molar-refractivity contribution >= 4 is 22.5 Å². The van der Waals surface area contributed by atoms with Gasteiger partial charge in [-0.05, 0) is 31.0 Å². The highest BCUT2D eigenvalue weighted by Crippen LogP contribution is 2.37. The fourth-order valence-electron chi connectivity index (χ4n) is 5.61. The van der Waals surface area contributed by atoms with Crippen LogP contribution in [0.3, 0.4) is 0 Å². The van der Waals surface area contributed by atoms with Gasteiger partial charge in [-0.2, -0.15) is 0 Å². The van der Waals surface area contributed by atoms with Crippen molar-refractivity contribution < 1.29 is 9.53 Å². The van der Waals surface area contributed by atoms with Crippen LogP contribution in [0.1, 0.15) is 37.2 Å². The molecule has 0 saturated carbocycles. The zero-order chi connectivity index (χ0) is 23.1. The summed E-state index contributed by atoms with van der Waals surface area (Å²) in [7, 11) is 0. The number of nitrogens with zero attached hydrogens (tertiary/aromatic N) is 5. The fraction of sp³-hybridized carbons (Fsp3) is 0.500. The molecule has 6 rings (SSSR count).